The molecule has 0 aliphatic carbocycles. The Morgan fingerprint density at radius 2 is 0.413 bits per heavy atom. The molecule has 20 nitrogen and oxygen atoms in total. The lowest BCUT2D eigenvalue weighted by Gasteiger charge is -2.26. The van der Waals surface area contributed by atoms with Crippen molar-refractivity contribution in [2.45, 2.75) is 103 Å². The molecule has 0 unspecified atom stereocenters. The van der Waals surface area contributed by atoms with E-state index >= 15 is 0 Å². The van der Waals surface area contributed by atoms with Gasteiger partial charge in [-0.15, -0.1) is 0 Å². The third-order valence-electron chi connectivity index (χ3n) is 17.1. The van der Waals surface area contributed by atoms with Gasteiger partial charge in [0, 0.05) is 26.4 Å². The van der Waals surface area contributed by atoms with Crippen molar-refractivity contribution in [1.29, 1.82) is 0 Å². The minimum absolute atomic E-state index is 0.00721. The van der Waals surface area contributed by atoms with Crippen LogP contribution in [-0.4, -0.2) is 129 Å². The van der Waals surface area contributed by atoms with E-state index in [4.69, 9.17) is 0 Å². The maximum Gasteiger partial charge on any atom is 0.200 e. The average Bonchev–Trinajstić information content (AvgIpc) is 1.29. The third kappa shape index (κ3) is 19.2. The van der Waals surface area contributed by atoms with E-state index in [2.05, 4.69) is 0 Å². The van der Waals surface area contributed by atoms with E-state index < -0.39 is 69.0 Å². The summed E-state index contributed by atoms with van der Waals surface area (Å²) in [5, 5.41) is 199. The number of rotatable bonds is 30. The summed E-state index contributed by atoms with van der Waals surface area (Å²) in [6, 6.07) is 32.5. The summed E-state index contributed by atoms with van der Waals surface area (Å²) < 4.78 is 0. The lowest BCUT2D eigenvalue weighted by atomic mass is 9.80. The second-order valence-corrected chi connectivity index (χ2v) is 23.7. The second kappa shape index (κ2) is 32.9. The zero-order chi connectivity index (χ0) is 66.8. The molecule has 0 spiro atoms. The van der Waals surface area contributed by atoms with Gasteiger partial charge in [-0.05, 0) is 266 Å². The molecular weight excluding hydrogens is 1180 g/mol. The van der Waals surface area contributed by atoms with Crippen LogP contribution in [0.5, 0.6) is 92.0 Å². The number of hydrogen-bond donors (Lipinski definition) is 20. The molecule has 0 heterocycles. The number of phenolic OH excluding ortho intramolecular Hbond substituents is 16. The van der Waals surface area contributed by atoms with E-state index in [1.54, 1.807) is 36.4 Å². The number of hydrogen-bond acceptors (Lipinski definition) is 20. The van der Waals surface area contributed by atoms with Gasteiger partial charge in [0.05, 0.1) is 0 Å². The normalized spacial score (nSPS) is 12.7. The minimum Gasteiger partial charge on any atom is -0.508 e. The highest BCUT2D eigenvalue weighted by Gasteiger charge is 2.25. The Morgan fingerprint density at radius 3 is 0.598 bits per heavy atom. The molecule has 0 fully saturated rings. The van der Waals surface area contributed by atoms with Crippen LogP contribution in [0.15, 0.2) is 121 Å². The standard InChI is InChI=1S/2C36H42O10/c2*37-11-1-2-27(12-21-3-7-25(29(39)14-21)9-5-23-16-31(41)35(45)32(42)17-23)28(20-38)13-22-4-8-26(30(40)15-22)10-6-24-18-33(43)36(46)34(44)19-24/h2*3-4,7-8,14-19,27-28,37-46H,1-2,5-6,9-13,20H2/t2*27-,28+/m10/s1. The Labute approximate surface area is 532 Å². The first-order valence-corrected chi connectivity index (χ1v) is 30.6. The maximum atomic E-state index is 10.8. The van der Waals surface area contributed by atoms with E-state index in [-0.39, 0.29) is 73.1 Å². The lowest BCUT2D eigenvalue weighted by molar-refractivity contribution is 0.158. The van der Waals surface area contributed by atoms with E-state index in [0.29, 0.717) is 147 Å². The Balaban J connectivity index is 0.000000261. The first kappa shape index (κ1) is 69.9. The molecule has 4 atom stereocenters. The van der Waals surface area contributed by atoms with E-state index in [1.165, 1.54) is 48.5 Å². The monoisotopic (exact) mass is 1270 g/mol. The quantitative estimate of drug-likeness (QED) is 0.0186. The van der Waals surface area contributed by atoms with Crippen LogP contribution in [0.4, 0.5) is 0 Å². The SMILES string of the molecule is OCCC[C@@H](Cc1ccc(CCc2cc(O)c(O)c(O)c2)c(O)c1)[C@@H](CO)Cc1ccc(CCc2cc(O)c(O)c(O)c2)c(O)c1.OCCC[C@H](Cc1ccc(CCc2cc(O)c(O)c(O)c2)c(O)c1)[C@H](CO)Cc1ccc(CCc2cc(O)c(O)c(O)c2)c(O)c1. The molecule has 20 N–H and O–H groups in total. The fourth-order valence-electron chi connectivity index (χ4n) is 11.8. The van der Waals surface area contributed by atoms with Gasteiger partial charge in [0.15, 0.2) is 69.0 Å². The van der Waals surface area contributed by atoms with Crippen molar-refractivity contribution < 1.29 is 102 Å². The van der Waals surface area contributed by atoms with Crippen molar-refractivity contribution in [3.63, 3.8) is 0 Å². The predicted molar refractivity (Wildman–Crippen MR) is 343 cm³/mol. The molecule has 0 aromatic heterocycles. The molecule has 8 aromatic carbocycles. The fraction of sp³-hybridized carbons (Fsp3) is 0.333. The number of aliphatic hydroxyl groups is 4. The topological polar surface area (TPSA) is 405 Å². The van der Waals surface area contributed by atoms with Crippen LogP contribution >= 0.6 is 0 Å². The zero-order valence-corrected chi connectivity index (χ0v) is 50.9. The molecule has 0 saturated heterocycles. The average molecular weight is 1270 g/mol. The Morgan fingerprint density at radius 1 is 0.217 bits per heavy atom. The number of phenols is 16. The van der Waals surface area contributed by atoms with Crippen molar-refractivity contribution in [1.82, 2.24) is 0 Å². The van der Waals surface area contributed by atoms with Gasteiger partial charge in [-0.2, -0.15) is 0 Å². The molecular formula is C72H84O20. The van der Waals surface area contributed by atoms with E-state index in [0.717, 1.165) is 22.3 Å². The highest BCUT2D eigenvalue weighted by molar-refractivity contribution is 5.54. The first-order chi connectivity index (χ1) is 44.0. The first-order valence-electron chi connectivity index (χ1n) is 30.6. The van der Waals surface area contributed by atoms with Gasteiger partial charge in [0.1, 0.15) is 23.0 Å². The summed E-state index contributed by atoms with van der Waals surface area (Å²) in [7, 11) is 0. The molecule has 92 heavy (non-hydrogen) atoms. The minimum atomic E-state index is -0.576. The van der Waals surface area contributed by atoms with Gasteiger partial charge in [0.2, 0.25) is 0 Å². The molecule has 492 valence electrons. The molecule has 0 saturated carbocycles. The Bertz CT molecular complexity index is 3420. The van der Waals surface area contributed by atoms with Gasteiger partial charge in [-0.1, -0.05) is 48.5 Å². The van der Waals surface area contributed by atoms with Gasteiger partial charge in [-0.3, -0.25) is 0 Å². The van der Waals surface area contributed by atoms with Crippen LogP contribution in [0.3, 0.4) is 0 Å². The number of aromatic hydroxyl groups is 16. The molecule has 0 aliphatic heterocycles. The summed E-state index contributed by atoms with van der Waals surface area (Å²) in [5.74, 6) is -5.66. The van der Waals surface area contributed by atoms with Crippen LogP contribution in [0.25, 0.3) is 0 Å². The van der Waals surface area contributed by atoms with Crippen LogP contribution in [0, 0.1) is 23.7 Å². The second-order valence-electron chi connectivity index (χ2n) is 23.7. The number of aryl methyl sites for hydroxylation is 8. The van der Waals surface area contributed by atoms with E-state index in [1.807, 2.05) is 36.4 Å². The van der Waals surface area contributed by atoms with Crippen LogP contribution in [0.1, 0.15) is 92.4 Å². The molecule has 0 radical (unpaired) electrons. The number of aliphatic hydroxyl groups excluding tert-OH is 4. The summed E-state index contributed by atoms with van der Waals surface area (Å²) in [4.78, 5) is 0. The highest BCUT2D eigenvalue weighted by atomic mass is 16.3. The molecule has 0 bridgehead atoms. The van der Waals surface area contributed by atoms with Crippen molar-refractivity contribution in [2.75, 3.05) is 26.4 Å². The van der Waals surface area contributed by atoms with Crippen molar-refractivity contribution in [2.24, 2.45) is 23.7 Å². The number of benzene rings is 8. The Hall–Kier alpha value is -9.60. The fourth-order valence-corrected chi connectivity index (χ4v) is 11.8. The summed E-state index contributed by atoms with van der Waals surface area (Å²) >= 11 is 0. The molecule has 8 rings (SSSR count). The summed E-state index contributed by atoms with van der Waals surface area (Å²) in [5.41, 5.74) is 8.49. The highest BCUT2D eigenvalue weighted by Crippen LogP contribution is 2.41. The molecule has 0 amide bonds. The summed E-state index contributed by atoms with van der Waals surface area (Å²) in [6.45, 7) is -0.202. The predicted octanol–water partition coefficient (Wildman–Crippen LogP) is 9.37. The zero-order valence-electron chi connectivity index (χ0n) is 50.9. The molecule has 0 aliphatic rings. The summed E-state index contributed by atoms with van der Waals surface area (Å²) in [6.07, 6.45) is 7.82. The lowest BCUT2D eigenvalue weighted by Crippen LogP contribution is -2.23. The smallest absolute Gasteiger partial charge is 0.200 e. The van der Waals surface area contributed by atoms with Crippen molar-refractivity contribution in [3.05, 3.63) is 188 Å². The molecule has 20 heteroatoms. The van der Waals surface area contributed by atoms with E-state index in [9.17, 15) is 102 Å². The van der Waals surface area contributed by atoms with Crippen molar-refractivity contribution >= 4 is 0 Å². The Kier molecular flexibility index (Phi) is 25.0. The maximum absolute atomic E-state index is 10.8. The molecule has 8 aromatic rings. The van der Waals surface area contributed by atoms with Gasteiger partial charge in [-0.25, -0.2) is 0 Å². The van der Waals surface area contributed by atoms with Crippen LogP contribution in [0.2, 0.25) is 0 Å². The van der Waals surface area contributed by atoms with Gasteiger partial charge < -0.3 is 102 Å². The van der Waals surface area contributed by atoms with Crippen LogP contribution in [-0.2, 0) is 77.0 Å². The van der Waals surface area contributed by atoms with Crippen molar-refractivity contribution in [3.8, 4) is 92.0 Å². The van der Waals surface area contributed by atoms with Gasteiger partial charge >= 0.3 is 0 Å². The van der Waals surface area contributed by atoms with Gasteiger partial charge in [0.25, 0.3) is 0 Å². The largest absolute Gasteiger partial charge is 0.508 e. The van der Waals surface area contributed by atoms with Crippen LogP contribution < -0.4 is 0 Å². The third-order valence-corrected chi connectivity index (χ3v) is 17.1.